The predicted molar refractivity (Wildman–Crippen MR) is 95.8 cm³/mol. The molecular formula is C20H21FN4O. The van der Waals surface area contributed by atoms with Gasteiger partial charge in [0.15, 0.2) is 5.76 Å². The van der Waals surface area contributed by atoms with Gasteiger partial charge in [-0.05, 0) is 12.1 Å². The molecule has 0 fully saturated rings. The lowest BCUT2D eigenvalue weighted by Gasteiger charge is -2.27. The smallest absolute Gasteiger partial charge is 0.151 e. The summed E-state index contributed by atoms with van der Waals surface area (Å²) in [5.41, 5.74) is 3.29. The van der Waals surface area contributed by atoms with Crippen molar-refractivity contribution in [2.24, 2.45) is 0 Å². The van der Waals surface area contributed by atoms with E-state index >= 15 is 0 Å². The molecule has 1 aromatic carbocycles. The first-order valence-corrected chi connectivity index (χ1v) is 8.87. The van der Waals surface area contributed by atoms with Crippen LogP contribution in [0, 0.1) is 5.82 Å². The number of hydrogen-bond donors (Lipinski definition) is 0. The van der Waals surface area contributed by atoms with Gasteiger partial charge in [-0.2, -0.15) is 0 Å². The number of rotatable bonds is 4. The summed E-state index contributed by atoms with van der Waals surface area (Å²) in [6.07, 6.45) is 2.83. The lowest BCUT2D eigenvalue weighted by Crippen LogP contribution is -2.31. The normalized spacial score (nSPS) is 14.6. The molecule has 2 aromatic heterocycles. The molecule has 1 aliphatic heterocycles. The van der Waals surface area contributed by atoms with Gasteiger partial charge in [-0.1, -0.05) is 31.1 Å². The maximum Gasteiger partial charge on any atom is 0.151 e. The second kappa shape index (κ2) is 6.96. The standard InChI is InChI=1S/C20H21FN4O/c1-13(2)20-22-10-14-11-25(8-7-18(14)23-20)12-15-9-19(24-26-15)16-5-3-4-6-17(16)21/h3-6,9-10,13H,7-8,11-12H2,1-2H3. The van der Waals surface area contributed by atoms with Crippen LogP contribution in [0.25, 0.3) is 11.3 Å². The highest BCUT2D eigenvalue weighted by Gasteiger charge is 2.21. The van der Waals surface area contributed by atoms with Gasteiger partial charge in [-0.15, -0.1) is 0 Å². The van der Waals surface area contributed by atoms with Gasteiger partial charge in [0.25, 0.3) is 0 Å². The quantitative estimate of drug-likeness (QED) is 0.711. The molecule has 0 saturated carbocycles. The van der Waals surface area contributed by atoms with Gasteiger partial charge in [0, 0.05) is 54.5 Å². The molecule has 0 N–H and O–H groups in total. The van der Waals surface area contributed by atoms with Gasteiger partial charge in [-0.3, -0.25) is 4.90 Å². The summed E-state index contributed by atoms with van der Waals surface area (Å²) in [5.74, 6) is 1.68. The molecule has 3 heterocycles. The highest BCUT2D eigenvalue weighted by atomic mass is 19.1. The first-order valence-electron chi connectivity index (χ1n) is 8.87. The van der Waals surface area contributed by atoms with E-state index in [1.807, 2.05) is 12.3 Å². The zero-order valence-electron chi connectivity index (χ0n) is 14.9. The summed E-state index contributed by atoms with van der Waals surface area (Å²) < 4.78 is 19.3. The van der Waals surface area contributed by atoms with Crippen molar-refractivity contribution in [1.29, 1.82) is 0 Å². The van der Waals surface area contributed by atoms with E-state index in [1.54, 1.807) is 18.2 Å². The molecule has 3 aromatic rings. The van der Waals surface area contributed by atoms with Crippen LogP contribution in [0.1, 0.15) is 42.6 Å². The Morgan fingerprint density at radius 3 is 2.92 bits per heavy atom. The summed E-state index contributed by atoms with van der Waals surface area (Å²) >= 11 is 0. The van der Waals surface area contributed by atoms with Crippen LogP contribution >= 0.6 is 0 Å². The first-order chi connectivity index (χ1) is 12.6. The zero-order valence-corrected chi connectivity index (χ0v) is 14.9. The molecule has 26 heavy (non-hydrogen) atoms. The Balaban J connectivity index is 1.47. The number of aromatic nitrogens is 3. The van der Waals surface area contributed by atoms with Gasteiger partial charge in [0.2, 0.25) is 0 Å². The Morgan fingerprint density at radius 1 is 1.27 bits per heavy atom. The van der Waals surface area contributed by atoms with Crippen molar-refractivity contribution in [3.05, 3.63) is 65.2 Å². The van der Waals surface area contributed by atoms with E-state index in [9.17, 15) is 4.39 Å². The van der Waals surface area contributed by atoms with Crippen LogP contribution in [0.2, 0.25) is 0 Å². The molecule has 0 atom stereocenters. The SMILES string of the molecule is CC(C)c1ncc2c(n1)CCN(Cc1cc(-c3ccccc3F)no1)C2. The average molecular weight is 352 g/mol. The van der Waals surface area contributed by atoms with Gasteiger partial charge in [-0.25, -0.2) is 14.4 Å². The second-order valence-electron chi connectivity index (χ2n) is 6.97. The van der Waals surface area contributed by atoms with Crippen LogP contribution in [0.3, 0.4) is 0 Å². The first kappa shape index (κ1) is 16.8. The van der Waals surface area contributed by atoms with Gasteiger partial charge in [0.1, 0.15) is 17.3 Å². The number of benzene rings is 1. The number of hydrogen-bond acceptors (Lipinski definition) is 5. The number of halogens is 1. The molecular weight excluding hydrogens is 331 g/mol. The largest absolute Gasteiger partial charge is 0.359 e. The van der Waals surface area contributed by atoms with Crippen molar-refractivity contribution in [3.63, 3.8) is 0 Å². The summed E-state index contributed by atoms with van der Waals surface area (Å²) in [7, 11) is 0. The molecule has 0 bridgehead atoms. The molecule has 0 spiro atoms. The van der Waals surface area contributed by atoms with Crippen molar-refractivity contribution >= 4 is 0 Å². The Hall–Kier alpha value is -2.60. The van der Waals surface area contributed by atoms with Crippen molar-refractivity contribution in [2.75, 3.05) is 6.54 Å². The lowest BCUT2D eigenvalue weighted by atomic mass is 10.1. The molecule has 5 nitrogen and oxygen atoms in total. The minimum Gasteiger partial charge on any atom is -0.359 e. The number of fused-ring (bicyclic) bond motifs is 1. The van der Waals surface area contributed by atoms with Crippen LogP contribution in [0.5, 0.6) is 0 Å². The van der Waals surface area contributed by atoms with Gasteiger partial charge in [0.05, 0.1) is 6.54 Å². The number of nitrogens with zero attached hydrogens (tertiary/aromatic N) is 4. The van der Waals surface area contributed by atoms with Crippen molar-refractivity contribution < 1.29 is 8.91 Å². The zero-order chi connectivity index (χ0) is 18.1. The van der Waals surface area contributed by atoms with E-state index < -0.39 is 0 Å². The van der Waals surface area contributed by atoms with Crippen molar-refractivity contribution in [2.45, 2.75) is 39.3 Å². The lowest BCUT2D eigenvalue weighted by molar-refractivity contribution is 0.213. The topological polar surface area (TPSA) is 55.1 Å². The highest BCUT2D eigenvalue weighted by Crippen LogP contribution is 2.24. The minimum atomic E-state index is -0.294. The van der Waals surface area contributed by atoms with Crippen molar-refractivity contribution in [1.82, 2.24) is 20.0 Å². The molecule has 1 aliphatic rings. The summed E-state index contributed by atoms with van der Waals surface area (Å²) in [4.78, 5) is 11.4. The van der Waals surface area contributed by atoms with Crippen LogP contribution in [-0.4, -0.2) is 26.6 Å². The van der Waals surface area contributed by atoms with E-state index in [4.69, 9.17) is 9.51 Å². The third-order valence-electron chi connectivity index (χ3n) is 4.64. The van der Waals surface area contributed by atoms with Crippen LogP contribution in [-0.2, 0) is 19.5 Å². The average Bonchev–Trinajstić information content (AvgIpc) is 3.09. The molecule has 0 radical (unpaired) electrons. The summed E-state index contributed by atoms with van der Waals surface area (Å²) in [6.45, 7) is 6.52. The molecule has 6 heteroatoms. The molecule has 4 rings (SSSR count). The van der Waals surface area contributed by atoms with Crippen LogP contribution in [0.4, 0.5) is 4.39 Å². The minimum absolute atomic E-state index is 0.294. The predicted octanol–water partition coefficient (Wildman–Crippen LogP) is 3.95. The monoisotopic (exact) mass is 352 g/mol. The van der Waals surface area contributed by atoms with Gasteiger partial charge < -0.3 is 4.52 Å². The summed E-state index contributed by atoms with van der Waals surface area (Å²) in [6, 6.07) is 8.40. The molecule has 0 unspecified atom stereocenters. The molecule has 134 valence electrons. The molecule has 0 amide bonds. The van der Waals surface area contributed by atoms with E-state index in [1.165, 1.54) is 6.07 Å². The fourth-order valence-electron chi connectivity index (χ4n) is 3.21. The Bertz CT molecular complexity index is 922. The molecule has 0 saturated heterocycles. The maximum absolute atomic E-state index is 13.9. The third kappa shape index (κ3) is 3.37. The van der Waals surface area contributed by atoms with E-state index in [-0.39, 0.29) is 5.82 Å². The third-order valence-corrected chi connectivity index (χ3v) is 4.64. The maximum atomic E-state index is 13.9. The van der Waals surface area contributed by atoms with Crippen molar-refractivity contribution in [3.8, 4) is 11.3 Å². The summed E-state index contributed by atoms with van der Waals surface area (Å²) in [5, 5.41) is 4.02. The van der Waals surface area contributed by atoms with E-state index in [2.05, 4.69) is 28.9 Å². The Kier molecular flexibility index (Phi) is 4.51. The van der Waals surface area contributed by atoms with Gasteiger partial charge >= 0.3 is 0 Å². The van der Waals surface area contributed by atoms with E-state index in [0.717, 1.165) is 42.4 Å². The fourth-order valence-corrected chi connectivity index (χ4v) is 3.21. The Morgan fingerprint density at radius 2 is 2.12 bits per heavy atom. The molecule has 0 aliphatic carbocycles. The fraction of sp³-hybridized carbons (Fsp3) is 0.350. The second-order valence-corrected chi connectivity index (χ2v) is 6.97. The van der Waals surface area contributed by atoms with E-state index in [0.29, 0.717) is 23.7 Å². The Labute approximate surface area is 151 Å². The highest BCUT2D eigenvalue weighted by molar-refractivity contribution is 5.59. The van der Waals surface area contributed by atoms with Crippen LogP contribution < -0.4 is 0 Å². The van der Waals surface area contributed by atoms with Crippen LogP contribution in [0.15, 0.2) is 41.1 Å².